The number of aryl methyl sites for hydroxylation is 1. The zero-order valence-corrected chi connectivity index (χ0v) is 13.8. The van der Waals surface area contributed by atoms with E-state index in [1.54, 1.807) is 0 Å². The van der Waals surface area contributed by atoms with Crippen molar-refractivity contribution in [2.24, 2.45) is 0 Å². The van der Waals surface area contributed by atoms with E-state index in [1.807, 2.05) is 62.4 Å². The summed E-state index contributed by atoms with van der Waals surface area (Å²) in [6, 6.07) is 15.6. The Labute approximate surface area is 137 Å². The quantitative estimate of drug-likeness (QED) is 0.624. The summed E-state index contributed by atoms with van der Waals surface area (Å²) in [6.45, 7) is 6.73. The van der Waals surface area contributed by atoms with Crippen molar-refractivity contribution < 1.29 is 18.9 Å². The predicted molar refractivity (Wildman–Crippen MR) is 90.6 cm³/mol. The van der Waals surface area contributed by atoms with Crippen molar-refractivity contribution in [2.45, 2.75) is 13.8 Å². The first kappa shape index (κ1) is 17.2. The number of benzene rings is 2. The summed E-state index contributed by atoms with van der Waals surface area (Å²) in [4.78, 5) is 0. The van der Waals surface area contributed by atoms with Crippen molar-refractivity contribution in [3.05, 3.63) is 54.1 Å². The molecule has 2 aromatic rings. The minimum atomic E-state index is 0.500. The summed E-state index contributed by atoms with van der Waals surface area (Å²) in [7, 11) is 0. The molecule has 0 heterocycles. The van der Waals surface area contributed by atoms with E-state index in [1.165, 1.54) is 0 Å². The average Bonchev–Trinajstić information content (AvgIpc) is 2.56. The molecule has 4 nitrogen and oxygen atoms in total. The lowest BCUT2D eigenvalue weighted by Gasteiger charge is -2.10. The van der Waals surface area contributed by atoms with Crippen LogP contribution in [0.4, 0.5) is 0 Å². The fraction of sp³-hybridized carbons (Fsp3) is 0.368. The minimum Gasteiger partial charge on any atom is -0.494 e. The molecule has 0 aliphatic carbocycles. The van der Waals surface area contributed by atoms with Gasteiger partial charge in [0.05, 0.1) is 19.8 Å². The number of hydrogen-bond donors (Lipinski definition) is 0. The van der Waals surface area contributed by atoms with Crippen LogP contribution >= 0.6 is 0 Å². The van der Waals surface area contributed by atoms with Gasteiger partial charge < -0.3 is 18.9 Å². The van der Waals surface area contributed by atoms with E-state index in [4.69, 9.17) is 18.9 Å². The molecule has 0 amide bonds. The Morgan fingerprint density at radius 1 is 0.739 bits per heavy atom. The molecule has 0 N–H and O–H groups in total. The highest BCUT2D eigenvalue weighted by atomic mass is 16.5. The summed E-state index contributed by atoms with van der Waals surface area (Å²) >= 11 is 0. The SMILES string of the molecule is CCOc1cccc(OCCOCCOc2ccccc2C)c1. The van der Waals surface area contributed by atoms with Crippen molar-refractivity contribution in [2.75, 3.05) is 33.0 Å². The van der Waals surface area contributed by atoms with Gasteiger partial charge in [0.15, 0.2) is 0 Å². The van der Waals surface area contributed by atoms with Crippen LogP contribution < -0.4 is 14.2 Å². The van der Waals surface area contributed by atoms with Crippen molar-refractivity contribution in [1.82, 2.24) is 0 Å². The molecule has 0 radical (unpaired) electrons. The van der Waals surface area contributed by atoms with Crippen LogP contribution in [0.1, 0.15) is 12.5 Å². The van der Waals surface area contributed by atoms with E-state index in [9.17, 15) is 0 Å². The zero-order valence-electron chi connectivity index (χ0n) is 13.8. The van der Waals surface area contributed by atoms with Crippen LogP contribution in [-0.2, 0) is 4.74 Å². The van der Waals surface area contributed by atoms with Gasteiger partial charge in [0.1, 0.15) is 30.5 Å². The monoisotopic (exact) mass is 316 g/mol. The Balaban J connectivity index is 1.57. The molecule has 23 heavy (non-hydrogen) atoms. The second kappa shape index (κ2) is 9.74. The van der Waals surface area contributed by atoms with Gasteiger partial charge in [0.2, 0.25) is 0 Å². The van der Waals surface area contributed by atoms with Gasteiger partial charge in [-0.2, -0.15) is 0 Å². The zero-order chi connectivity index (χ0) is 16.3. The molecule has 4 heteroatoms. The van der Waals surface area contributed by atoms with Crippen LogP contribution in [0.3, 0.4) is 0 Å². The second-order valence-electron chi connectivity index (χ2n) is 4.98. The first-order chi connectivity index (χ1) is 11.3. The molecule has 2 rings (SSSR count). The maximum absolute atomic E-state index is 5.66. The summed E-state index contributed by atoms with van der Waals surface area (Å²) in [5, 5.41) is 0. The lowest BCUT2D eigenvalue weighted by molar-refractivity contribution is 0.0762. The van der Waals surface area contributed by atoms with Crippen LogP contribution in [0.25, 0.3) is 0 Å². The maximum Gasteiger partial charge on any atom is 0.123 e. The van der Waals surface area contributed by atoms with E-state index < -0.39 is 0 Å². The summed E-state index contributed by atoms with van der Waals surface area (Å²) < 4.78 is 22.2. The highest BCUT2D eigenvalue weighted by Crippen LogP contribution is 2.19. The molecule has 0 saturated carbocycles. The van der Waals surface area contributed by atoms with E-state index in [-0.39, 0.29) is 0 Å². The Morgan fingerprint density at radius 2 is 1.43 bits per heavy atom. The molecule has 0 atom stereocenters. The van der Waals surface area contributed by atoms with Crippen molar-refractivity contribution in [3.8, 4) is 17.2 Å². The number of ether oxygens (including phenoxy) is 4. The molecular weight excluding hydrogens is 292 g/mol. The maximum atomic E-state index is 5.66. The van der Waals surface area contributed by atoms with Gasteiger partial charge in [-0.3, -0.25) is 0 Å². The van der Waals surface area contributed by atoms with Gasteiger partial charge in [-0.25, -0.2) is 0 Å². The smallest absolute Gasteiger partial charge is 0.123 e. The van der Waals surface area contributed by atoms with Crippen molar-refractivity contribution >= 4 is 0 Å². The first-order valence-electron chi connectivity index (χ1n) is 7.91. The largest absolute Gasteiger partial charge is 0.494 e. The van der Waals surface area contributed by atoms with Gasteiger partial charge in [-0.1, -0.05) is 24.3 Å². The molecule has 0 aliphatic heterocycles. The van der Waals surface area contributed by atoms with E-state index in [0.717, 1.165) is 22.8 Å². The Bertz CT molecular complexity index is 583. The average molecular weight is 316 g/mol. The normalized spacial score (nSPS) is 10.3. The van der Waals surface area contributed by atoms with Gasteiger partial charge in [-0.15, -0.1) is 0 Å². The highest BCUT2D eigenvalue weighted by Gasteiger charge is 1.99. The third-order valence-electron chi connectivity index (χ3n) is 3.19. The Kier molecular flexibility index (Phi) is 7.27. The third kappa shape index (κ3) is 6.20. The van der Waals surface area contributed by atoms with Crippen LogP contribution in [0, 0.1) is 6.92 Å². The lowest BCUT2D eigenvalue weighted by atomic mass is 10.2. The third-order valence-corrected chi connectivity index (χ3v) is 3.19. The standard InChI is InChI=1S/C19H24O4/c1-3-21-17-8-6-9-18(15-17)22-13-11-20-12-14-23-19-10-5-4-7-16(19)2/h4-10,15H,3,11-14H2,1-2H3. The summed E-state index contributed by atoms with van der Waals surface area (Å²) in [5.41, 5.74) is 1.13. The van der Waals surface area contributed by atoms with Crippen LogP contribution in [0.2, 0.25) is 0 Å². The molecule has 0 unspecified atom stereocenters. The van der Waals surface area contributed by atoms with Crippen molar-refractivity contribution in [1.29, 1.82) is 0 Å². The molecule has 124 valence electrons. The van der Waals surface area contributed by atoms with Crippen LogP contribution in [0.5, 0.6) is 17.2 Å². The van der Waals surface area contributed by atoms with E-state index >= 15 is 0 Å². The predicted octanol–water partition coefficient (Wildman–Crippen LogP) is 3.87. The molecule has 0 bridgehead atoms. The molecule has 2 aromatic carbocycles. The van der Waals surface area contributed by atoms with Crippen LogP contribution in [0.15, 0.2) is 48.5 Å². The molecule has 0 spiro atoms. The second-order valence-corrected chi connectivity index (χ2v) is 4.98. The van der Waals surface area contributed by atoms with Gasteiger partial charge >= 0.3 is 0 Å². The molecule has 0 aliphatic rings. The number of hydrogen-bond acceptors (Lipinski definition) is 4. The van der Waals surface area contributed by atoms with Gasteiger partial charge in [0, 0.05) is 6.07 Å². The first-order valence-corrected chi connectivity index (χ1v) is 7.91. The topological polar surface area (TPSA) is 36.9 Å². The molecule has 0 aromatic heterocycles. The van der Waals surface area contributed by atoms with Gasteiger partial charge in [0.25, 0.3) is 0 Å². The fourth-order valence-electron chi connectivity index (χ4n) is 2.07. The molecular formula is C19H24O4. The lowest BCUT2D eigenvalue weighted by Crippen LogP contribution is -2.12. The van der Waals surface area contributed by atoms with E-state index in [0.29, 0.717) is 33.0 Å². The summed E-state index contributed by atoms with van der Waals surface area (Å²) in [5.74, 6) is 2.51. The van der Waals surface area contributed by atoms with Crippen LogP contribution in [-0.4, -0.2) is 33.0 Å². The van der Waals surface area contributed by atoms with E-state index in [2.05, 4.69) is 0 Å². The minimum absolute atomic E-state index is 0.500. The molecule has 0 fully saturated rings. The fourth-order valence-corrected chi connectivity index (χ4v) is 2.07. The number of rotatable bonds is 10. The Morgan fingerprint density at radius 3 is 2.17 bits per heavy atom. The molecule has 0 saturated heterocycles. The highest BCUT2D eigenvalue weighted by molar-refractivity contribution is 5.33. The summed E-state index contributed by atoms with van der Waals surface area (Å²) in [6.07, 6.45) is 0. The van der Waals surface area contributed by atoms with Gasteiger partial charge in [-0.05, 0) is 37.6 Å². The van der Waals surface area contributed by atoms with Crippen molar-refractivity contribution in [3.63, 3.8) is 0 Å². The number of para-hydroxylation sites is 1. The Hall–Kier alpha value is -2.20.